The number of carbonyl (C=O) groups is 2. The molecule has 2 aromatic carbocycles. The molecule has 2 amide bonds. The molecule has 7 rings (SSSR count). The molecule has 6 nitrogen and oxygen atoms in total. The Hall–Kier alpha value is -3.12. The fourth-order valence-corrected chi connectivity index (χ4v) is 8.34. The third kappa shape index (κ3) is 3.86. The zero-order valence-electron chi connectivity index (χ0n) is 24.2. The van der Waals surface area contributed by atoms with E-state index >= 15 is 0 Å². The summed E-state index contributed by atoms with van der Waals surface area (Å²) in [4.78, 5) is 29.6. The van der Waals surface area contributed by atoms with Crippen LogP contribution in [0.2, 0.25) is 0 Å². The second-order valence-electron chi connectivity index (χ2n) is 12.7. The van der Waals surface area contributed by atoms with E-state index in [-0.39, 0.29) is 17.9 Å². The standard InChI is InChI=1S/C34H42N4O2/c1-4-37(24-14-15-36-19-24)33(40)34-18-28(34)27-16-21(2)10-12-25(27)31-30(22-8-6-5-7-9-22)26-13-11-23(32(39)35-3)17-29(26)38(31)20-34/h10-13,16-17,22,24,28,36H,4-9,14-15,18-20H2,1-3H3,(H,35,39). The first kappa shape index (κ1) is 25.8. The lowest BCUT2D eigenvalue weighted by Crippen LogP contribution is -2.46. The summed E-state index contributed by atoms with van der Waals surface area (Å²) < 4.78 is 2.46. The van der Waals surface area contributed by atoms with Crippen LogP contribution in [0.4, 0.5) is 0 Å². The van der Waals surface area contributed by atoms with Crippen LogP contribution in [0.5, 0.6) is 0 Å². The monoisotopic (exact) mass is 538 g/mol. The molecule has 0 spiro atoms. The van der Waals surface area contributed by atoms with Gasteiger partial charge in [-0.15, -0.1) is 0 Å². The van der Waals surface area contributed by atoms with Crippen LogP contribution < -0.4 is 10.6 Å². The summed E-state index contributed by atoms with van der Waals surface area (Å²) in [6.45, 7) is 7.59. The van der Waals surface area contributed by atoms with Crippen molar-refractivity contribution < 1.29 is 9.59 Å². The minimum absolute atomic E-state index is 0.0673. The predicted octanol–water partition coefficient (Wildman–Crippen LogP) is 5.72. The van der Waals surface area contributed by atoms with Gasteiger partial charge in [0.15, 0.2) is 0 Å². The van der Waals surface area contributed by atoms with Gasteiger partial charge >= 0.3 is 0 Å². The molecule has 3 heterocycles. The smallest absolute Gasteiger partial charge is 0.251 e. The van der Waals surface area contributed by atoms with Crippen molar-refractivity contribution in [2.45, 2.75) is 83.2 Å². The number of nitrogens with one attached hydrogen (secondary N) is 2. The average Bonchev–Trinajstić information content (AvgIpc) is 3.32. The number of hydrogen-bond donors (Lipinski definition) is 2. The Kier molecular flexibility index (Phi) is 6.30. The van der Waals surface area contributed by atoms with Crippen LogP contribution in [-0.2, 0) is 11.3 Å². The van der Waals surface area contributed by atoms with Crippen LogP contribution in [-0.4, -0.2) is 54.0 Å². The van der Waals surface area contributed by atoms with E-state index < -0.39 is 5.41 Å². The van der Waals surface area contributed by atoms with Crippen LogP contribution in [0.1, 0.15) is 90.8 Å². The Morgan fingerprint density at radius 2 is 1.93 bits per heavy atom. The lowest BCUT2D eigenvalue weighted by Gasteiger charge is -2.32. The van der Waals surface area contributed by atoms with E-state index in [9.17, 15) is 9.59 Å². The second-order valence-corrected chi connectivity index (χ2v) is 12.7. The summed E-state index contributed by atoms with van der Waals surface area (Å²) in [5, 5.41) is 7.54. The van der Waals surface area contributed by atoms with Crippen LogP contribution in [0.15, 0.2) is 36.4 Å². The number of aryl methyl sites for hydroxylation is 1. The summed E-state index contributed by atoms with van der Waals surface area (Å²) in [6.07, 6.45) is 8.16. The van der Waals surface area contributed by atoms with Crippen molar-refractivity contribution in [1.82, 2.24) is 20.1 Å². The molecule has 2 aliphatic heterocycles. The van der Waals surface area contributed by atoms with Crippen LogP contribution in [0.3, 0.4) is 0 Å². The van der Waals surface area contributed by atoms with E-state index in [0.717, 1.165) is 38.0 Å². The van der Waals surface area contributed by atoms with Gasteiger partial charge in [0.25, 0.3) is 5.91 Å². The Morgan fingerprint density at radius 1 is 1.10 bits per heavy atom. The second kappa shape index (κ2) is 9.76. The van der Waals surface area contributed by atoms with Gasteiger partial charge < -0.3 is 20.1 Å². The van der Waals surface area contributed by atoms with E-state index in [1.54, 1.807) is 7.05 Å². The van der Waals surface area contributed by atoms with Crippen molar-refractivity contribution >= 4 is 22.7 Å². The van der Waals surface area contributed by atoms with E-state index in [2.05, 4.69) is 64.3 Å². The van der Waals surface area contributed by atoms with E-state index in [0.29, 0.717) is 23.9 Å². The lowest BCUT2D eigenvalue weighted by atomic mass is 9.81. The largest absolute Gasteiger partial charge is 0.355 e. The molecule has 3 unspecified atom stereocenters. The normalized spacial score (nSPS) is 25.6. The first-order valence-electron chi connectivity index (χ1n) is 15.5. The predicted molar refractivity (Wildman–Crippen MR) is 160 cm³/mol. The third-order valence-electron chi connectivity index (χ3n) is 10.5. The molecular weight excluding hydrogens is 496 g/mol. The average molecular weight is 539 g/mol. The first-order chi connectivity index (χ1) is 19.5. The molecule has 3 atom stereocenters. The molecule has 210 valence electrons. The number of likely N-dealkylation sites (N-methyl/N-ethyl adjacent to an activating group) is 1. The Bertz CT molecular complexity index is 1490. The Balaban J connectivity index is 1.47. The number of benzene rings is 2. The van der Waals surface area contributed by atoms with Crippen LogP contribution in [0, 0.1) is 12.3 Å². The molecular formula is C34H42N4O2. The highest BCUT2D eigenvalue weighted by Crippen LogP contribution is 2.66. The number of nitrogens with zero attached hydrogens (tertiary/aromatic N) is 2. The van der Waals surface area contributed by atoms with Crippen molar-refractivity contribution in [2.75, 3.05) is 26.7 Å². The molecule has 3 aromatic rings. The molecule has 6 heteroatoms. The maximum absolute atomic E-state index is 14.6. The topological polar surface area (TPSA) is 66.4 Å². The zero-order chi connectivity index (χ0) is 27.6. The molecule has 4 aliphatic rings. The minimum atomic E-state index is -0.439. The number of rotatable bonds is 5. The molecule has 1 saturated heterocycles. The summed E-state index contributed by atoms with van der Waals surface area (Å²) in [7, 11) is 1.69. The number of carbonyl (C=O) groups excluding carboxylic acids is 2. The zero-order valence-corrected chi connectivity index (χ0v) is 24.2. The maximum Gasteiger partial charge on any atom is 0.251 e. The van der Waals surface area contributed by atoms with Crippen molar-refractivity contribution in [1.29, 1.82) is 0 Å². The van der Waals surface area contributed by atoms with E-state index in [4.69, 9.17) is 0 Å². The van der Waals surface area contributed by atoms with Crippen molar-refractivity contribution in [3.63, 3.8) is 0 Å². The number of aromatic nitrogens is 1. The molecule has 3 fully saturated rings. The van der Waals surface area contributed by atoms with E-state index in [1.807, 2.05) is 6.07 Å². The number of hydrogen-bond acceptors (Lipinski definition) is 3. The van der Waals surface area contributed by atoms with Gasteiger partial charge in [-0.25, -0.2) is 0 Å². The van der Waals surface area contributed by atoms with Crippen molar-refractivity contribution in [3.05, 3.63) is 58.7 Å². The van der Waals surface area contributed by atoms with Gasteiger partial charge in [-0.05, 0) is 75.3 Å². The highest BCUT2D eigenvalue weighted by molar-refractivity contribution is 6.01. The first-order valence-corrected chi connectivity index (χ1v) is 15.5. The van der Waals surface area contributed by atoms with Crippen LogP contribution >= 0.6 is 0 Å². The Labute approximate surface area is 237 Å². The lowest BCUT2D eigenvalue weighted by molar-refractivity contribution is -0.139. The van der Waals surface area contributed by atoms with Gasteiger partial charge in [-0.2, -0.15) is 0 Å². The van der Waals surface area contributed by atoms with Gasteiger partial charge in [-0.1, -0.05) is 49.1 Å². The quantitative estimate of drug-likeness (QED) is 0.437. The van der Waals surface area contributed by atoms with E-state index in [1.165, 1.54) is 65.4 Å². The molecule has 0 radical (unpaired) electrons. The Morgan fingerprint density at radius 3 is 2.65 bits per heavy atom. The van der Waals surface area contributed by atoms with Gasteiger partial charge in [0.1, 0.15) is 0 Å². The fraction of sp³-hybridized carbons (Fsp3) is 0.529. The molecule has 2 aliphatic carbocycles. The number of amides is 2. The highest BCUT2D eigenvalue weighted by Gasteiger charge is 2.64. The summed E-state index contributed by atoms with van der Waals surface area (Å²) in [5.41, 5.74) is 7.99. The molecule has 0 bridgehead atoms. The maximum atomic E-state index is 14.6. The molecule has 2 saturated carbocycles. The summed E-state index contributed by atoms with van der Waals surface area (Å²) in [5.74, 6) is 0.986. The third-order valence-corrected chi connectivity index (χ3v) is 10.5. The highest BCUT2D eigenvalue weighted by atomic mass is 16.2. The van der Waals surface area contributed by atoms with Crippen molar-refractivity contribution in [2.24, 2.45) is 5.41 Å². The number of fused-ring (bicyclic) bond motifs is 7. The summed E-state index contributed by atoms with van der Waals surface area (Å²) in [6, 6.07) is 13.4. The summed E-state index contributed by atoms with van der Waals surface area (Å²) >= 11 is 0. The fourth-order valence-electron chi connectivity index (χ4n) is 8.34. The minimum Gasteiger partial charge on any atom is -0.355 e. The molecule has 40 heavy (non-hydrogen) atoms. The van der Waals surface area contributed by atoms with Gasteiger partial charge in [-0.3, -0.25) is 9.59 Å². The van der Waals surface area contributed by atoms with Gasteiger partial charge in [0.05, 0.1) is 11.1 Å². The molecule has 1 aromatic heterocycles. The van der Waals surface area contributed by atoms with Gasteiger partial charge in [0.2, 0.25) is 5.91 Å². The SMILES string of the molecule is CCN(C(=O)C12CC1c1cc(C)ccc1-c1c(C3CCCCC3)c3ccc(C(=O)NC)cc3n1C2)C1CCNC1. The van der Waals surface area contributed by atoms with Crippen molar-refractivity contribution in [3.8, 4) is 11.3 Å². The van der Waals surface area contributed by atoms with Gasteiger partial charge in [0, 0.05) is 60.7 Å². The van der Waals surface area contributed by atoms with Crippen LogP contribution in [0.25, 0.3) is 22.2 Å². The molecule has 2 N–H and O–H groups in total.